The Labute approximate surface area is 156 Å². The van der Waals surface area contributed by atoms with Gasteiger partial charge in [0, 0.05) is 37.3 Å². The molecule has 2 aromatic heterocycles. The summed E-state index contributed by atoms with van der Waals surface area (Å²) in [5, 5.41) is 15.7. The molecule has 0 bridgehead atoms. The number of nitrogens with one attached hydrogen (secondary N) is 1. The number of rotatable bonds is 7. The molecule has 1 N–H and O–H groups in total. The van der Waals surface area contributed by atoms with Gasteiger partial charge in [-0.2, -0.15) is 14.9 Å². The van der Waals surface area contributed by atoms with Gasteiger partial charge in [0.2, 0.25) is 11.8 Å². The number of nitrogens with zero attached hydrogens (tertiary/aromatic N) is 5. The minimum atomic E-state index is -0.292. The highest BCUT2D eigenvalue weighted by atomic mass is 16.2. The summed E-state index contributed by atoms with van der Waals surface area (Å²) in [5.41, 5.74) is 1.33. The number of benzene rings is 1. The number of hydrogen-bond acceptors (Lipinski definition) is 5. The fraction of sp³-hybridized carbons (Fsp3) is 0.211. The molecule has 1 aromatic carbocycles. The molecule has 0 fully saturated rings. The highest BCUT2D eigenvalue weighted by molar-refractivity contribution is 5.97. The zero-order valence-electron chi connectivity index (χ0n) is 14.6. The van der Waals surface area contributed by atoms with Crippen LogP contribution in [0.3, 0.4) is 0 Å². The van der Waals surface area contributed by atoms with Gasteiger partial charge in [0.15, 0.2) is 5.65 Å². The molecule has 0 saturated carbocycles. The van der Waals surface area contributed by atoms with Crippen molar-refractivity contribution in [2.45, 2.75) is 19.3 Å². The van der Waals surface area contributed by atoms with Crippen LogP contribution >= 0.6 is 0 Å². The van der Waals surface area contributed by atoms with E-state index in [1.807, 2.05) is 24.3 Å². The zero-order valence-corrected chi connectivity index (χ0v) is 14.6. The fourth-order valence-corrected chi connectivity index (χ4v) is 2.66. The van der Waals surface area contributed by atoms with Gasteiger partial charge in [-0.05, 0) is 18.2 Å². The monoisotopic (exact) mass is 362 g/mol. The van der Waals surface area contributed by atoms with Crippen LogP contribution in [0.25, 0.3) is 5.65 Å². The van der Waals surface area contributed by atoms with E-state index in [9.17, 15) is 9.59 Å². The Morgan fingerprint density at radius 1 is 1.11 bits per heavy atom. The fourth-order valence-electron chi connectivity index (χ4n) is 2.66. The Morgan fingerprint density at radius 3 is 2.70 bits per heavy atom. The molecule has 0 aliphatic heterocycles. The third-order valence-electron chi connectivity index (χ3n) is 3.94. The average Bonchev–Trinajstić information content (AvgIpc) is 3.17. The normalized spacial score (nSPS) is 10.3. The van der Waals surface area contributed by atoms with Gasteiger partial charge in [0.1, 0.15) is 5.82 Å². The molecule has 136 valence electrons. The first-order chi connectivity index (χ1) is 13.2. The minimum absolute atomic E-state index is 0.0276. The van der Waals surface area contributed by atoms with E-state index in [0.717, 1.165) is 0 Å². The first-order valence-corrected chi connectivity index (χ1v) is 8.50. The summed E-state index contributed by atoms with van der Waals surface area (Å²) < 4.78 is 1.52. The number of amides is 2. The molecule has 0 unspecified atom stereocenters. The molecule has 0 aliphatic carbocycles. The van der Waals surface area contributed by atoms with Gasteiger partial charge in [-0.25, -0.2) is 4.98 Å². The predicted molar refractivity (Wildman–Crippen MR) is 99.9 cm³/mol. The third kappa shape index (κ3) is 4.46. The molecule has 0 radical (unpaired) electrons. The molecule has 0 saturated heterocycles. The molecule has 27 heavy (non-hydrogen) atoms. The number of para-hydroxylation sites is 1. The molecular weight excluding hydrogens is 344 g/mol. The lowest BCUT2D eigenvalue weighted by atomic mass is 10.2. The highest BCUT2D eigenvalue weighted by Gasteiger charge is 2.17. The van der Waals surface area contributed by atoms with E-state index in [-0.39, 0.29) is 31.1 Å². The van der Waals surface area contributed by atoms with Crippen LogP contribution < -0.4 is 10.2 Å². The number of carbonyl (C=O) groups is 2. The van der Waals surface area contributed by atoms with Crippen LogP contribution in [0.1, 0.15) is 19.3 Å². The molecule has 8 nitrogen and oxygen atoms in total. The number of fused-ring (bicyclic) bond motifs is 1. The van der Waals surface area contributed by atoms with Crippen molar-refractivity contribution in [2.24, 2.45) is 0 Å². The van der Waals surface area contributed by atoms with Crippen molar-refractivity contribution in [3.8, 4) is 6.07 Å². The van der Waals surface area contributed by atoms with Crippen LogP contribution in [-0.2, 0) is 9.59 Å². The van der Waals surface area contributed by atoms with E-state index >= 15 is 0 Å². The molecule has 2 heterocycles. The zero-order chi connectivity index (χ0) is 19.1. The minimum Gasteiger partial charge on any atom is -0.311 e. The predicted octanol–water partition coefficient (Wildman–Crippen LogP) is 2.39. The summed E-state index contributed by atoms with van der Waals surface area (Å²) in [6.07, 6.45) is 3.46. The van der Waals surface area contributed by atoms with Crippen molar-refractivity contribution < 1.29 is 9.59 Å². The van der Waals surface area contributed by atoms with Crippen LogP contribution in [-0.4, -0.2) is 33.0 Å². The lowest BCUT2D eigenvalue weighted by Crippen LogP contribution is -2.32. The van der Waals surface area contributed by atoms with Gasteiger partial charge in [0.05, 0.1) is 18.7 Å². The Kier molecular flexibility index (Phi) is 5.74. The molecule has 0 atom stereocenters. The Bertz CT molecular complexity index is 977. The molecule has 2 amide bonds. The molecule has 3 rings (SSSR count). The van der Waals surface area contributed by atoms with E-state index in [1.54, 1.807) is 36.7 Å². The van der Waals surface area contributed by atoms with Crippen molar-refractivity contribution in [1.29, 1.82) is 5.26 Å². The maximum Gasteiger partial charge on any atom is 0.227 e. The van der Waals surface area contributed by atoms with Crippen LogP contribution in [0.5, 0.6) is 0 Å². The number of hydrogen-bond donors (Lipinski definition) is 1. The molecule has 0 aliphatic rings. The molecule has 0 spiro atoms. The second-order valence-corrected chi connectivity index (χ2v) is 5.77. The van der Waals surface area contributed by atoms with E-state index in [1.165, 1.54) is 9.42 Å². The van der Waals surface area contributed by atoms with Crippen molar-refractivity contribution in [3.05, 3.63) is 54.9 Å². The van der Waals surface area contributed by atoms with Crippen molar-refractivity contribution in [3.63, 3.8) is 0 Å². The van der Waals surface area contributed by atoms with Crippen LogP contribution in [0.15, 0.2) is 54.9 Å². The lowest BCUT2D eigenvalue weighted by molar-refractivity contribution is -0.122. The number of aromatic nitrogens is 3. The summed E-state index contributed by atoms with van der Waals surface area (Å²) >= 11 is 0. The highest BCUT2D eigenvalue weighted by Crippen LogP contribution is 2.16. The number of nitriles is 1. The van der Waals surface area contributed by atoms with Crippen LogP contribution in [0.2, 0.25) is 0 Å². The Morgan fingerprint density at radius 2 is 1.93 bits per heavy atom. The van der Waals surface area contributed by atoms with Crippen LogP contribution in [0.4, 0.5) is 11.5 Å². The van der Waals surface area contributed by atoms with Gasteiger partial charge in [0.25, 0.3) is 0 Å². The standard InChI is InChI=1S/C19H18N6O2/c20-11-4-14-24(15-5-2-1-3-6-15)19(27)8-7-18(26)23-17-9-12-21-16-10-13-22-25(16)17/h1-3,5-6,9-10,12-13H,4,7-8,14H2,(H,23,26). The molecular formula is C19H18N6O2. The van der Waals surface area contributed by atoms with Gasteiger partial charge >= 0.3 is 0 Å². The van der Waals surface area contributed by atoms with Gasteiger partial charge in [-0.1, -0.05) is 18.2 Å². The quantitative estimate of drug-likeness (QED) is 0.695. The Hall–Kier alpha value is -3.73. The maximum atomic E-state index is 12.6. The second kappa shape index (κ2) is 8.58. The van der Waals surface area contributed by atoms with Gasteiger partial charge in [-0.15, -0.1) is 0 Å². The van der Waals surface area contributed by atoms with Crippen molar-refractivity contribution >= 4 is 29.0 Å². The molecule has 3 aromatic rings. The summed E-state index contributed by atoms with van der Waals surface area (Å²) in [6.45, 7) is 0.291. The van der Waals surface area contributed by atoms with E-state index in [4.69, 9.17) is 5.26 Å². The topological polar surface area (TPSA) is 103 Å². The van der Waals surface area contributed by atoms with E-state index in [2.05, 4.69) is 15.4 Å². The summed E-state index contributed by atoms with van der Waals surface area (Å²) in [5.74, 6) is -0.00273. The smallest absolute Gasteiger partial charge is 0.227 e. The van der Waals surface area contributed by atoms with Crippen LogP contribution in [0, 0.1) is 11.3 Å². The molecule has 8 heteroatoms. The maximum absolute atomic E-state index is 12.6. The Balaban J connectivity index is 1.62. The van der Waals surface area contributed by atoms with E-state index in [0.29, 0.717) is 23.7 Å². The average molecular weight is 362 g/mol. The SMILES string of the molecule is N#CCCN(C(=O)CCC(=O)Nc1ccnc2ccnn12)c1ccccc1. The summed E-state index contributed by atoms with van der Waals surface area (Å²) in [4.78, 5) is 30.5. The second-order valence-electron chi connectivity index (χ2n) is 5.77. The summed E-state index contributed by atoms with van der Waals surface area (Å²) in [7, 11) is 0. The number of anilines is 2. The van der Waals surface area contributed by atoms with Gasteiger partial charge in [-0.3, -0.25) is 9.59 Å². The third-order valence-corrected chi connectivity index (χ3v) is 3.94. The summed E-state index contributed by atoms with van der Waals surface area (Å²) in [6, 6.07) is 14.5. The number of carbonyl (C=O) groups excluding carboxylic acids is 2. The van der Waals surface area contributed by atoms with Gasteiger partial charge < -0.3 is 10.2 Å². The first kappa shape index (κ1) is 18.1. The largest absolute Gasteiger partial charge is 0.311 e. The van der Waals surface area contributed by atoms with Crippen molar-refractivity contribution in [2.75, 3.05) is 16.8 Å². The first-order valence-electron chi connectivity index (χ1n) is 8.50. The van der Waals surface area contributed by atoms with Crippen molar-refractivity contribution in [1.82, 2.24) is 14.6 Å². The van der Waals surface area contributed by atoms with E-state index < -0.39 is 0 Å². The lowest BCUT2D eigenvalue weighted by Gasteiger charge is -2.21.